The Morgan fingerprint density at radius 1 is 1.16 bits per heavy atom. The van der Waals surface area contributed by atoms with Gasteiger partial charge in [0.15, 0.2) is 5.65 Å². The van der Waals surface area contributed by atoms with Gasteiger partial charge in [0.1, 0.15) is 11.5 Å². The molecule has 7 heteroatoms. The highest BCUT2D eigenvalue weighted by atomic mass is 16.5. The average molecular weight is 340 g/mol. The third-order valence-electron chi connectivity index (χ3n) is 4.00. The highest BCUT2D eigenvalue weighted by Crippen LogP contribution is 2.30. The molecule has 1 aromatic carbocycles. The second-order valence-electron chi connectivity index (χ2n) is 5.74. The molecule has 0 bridgehead atoms. The molecule has 3 aromatic rings. The van der Waals surface area contributed by atoms with Crippen molar-refractivity contribution >= 4 is 22.6 Å². The van der Waals surface area contributed by atoms with Gasteiger partial charge in [-0.25, -0.2) is 4.98 Å². The molecule has 0 radical (unpaired) electrons. The number of benzene rings is 1. The molecule has 1 amide bonds. The minimum atomic E-state index is -0.252. The van der Waals surface area contributed by atoms with Gasteiger partial charge in [0.05, 0.1) is 36.6 Å². The van der Waals surface area contributed by atoms with Crippen LogP contribution in [0.2, 0.25) is 0 Å². The van der Waals surface area contributed by atoms with E-state index < -0.39 is 0 Å². The maximum atomic E-state index is 12.9. The van der Waals surface area contributed by atoms with Crippen LogP contribution in [0.4, 0.5) is 5.69 Å². The van der Waals surface area contributed by atoms with Gasteiger partial charge < -0.3 is 14.8 Å². The molecular weight excluding hydrogens is 320 g/mol. The van der Waals surface area contributed by atoms with Crippen LogP contribution in [0.3, 0.4) is 0 Å². The molecule has 2 heterocycles. The molecule has 130 valence electrons. The summed E-state index contributed by atoms with van der Waals surface area (Å²) in [5.74, 6) is 0.932. The smallest absolute Gasteiger partial charge is 0.256 e. The van der Waals surface area contributed by atoms with Crippen LogP contribution in [0, 0.1) is 13.8 Å². The Labute approximate surface area is 145 Å². The second-order valence-corrected chi connectivity index (χ2v) is 5.74. The van der Waals surface area contributed by atoms with E-state index in [1.165, 1.54) is 0 Å². The van der Waals surface area contributed by atoms with Crippen LogP contribution in [0.5, 0.6) is 11.5 Å². The fourth-order valence-electron chi connectivity index (χ4n) is 2.85. The van der Waals surface area contributed by atoms with Crippen LogP contribution in [0.1, 0.15) is 21.7 Å². The lowest BCUT2D eigenvalue weighted by Gasteiger charge is -2.12. The molecule has 0 unspecified atom stereocenters. The number of carbonyl (C=O) groups excluding carboxylic acids is 1. The number of ether oxygens (including phenoxy) is 2. The van der Waals surface area contributed by atoms with E-state index in [1.807, 2.05) is 20.9 Å². The van der Waals surface area contributed by atoms with E-state index in [0.29, 0.717) is 28.4 Å². The van der Waals surface area contributed by atoms with Crippen molar-refractivity contribution in [2.24, 2.45) is 7.05 Å². The fraction of sp³-hybridized carbons (Fsp3) is 0.278. The first kappa shape index (κ1) is 16.8. The lowest BCUT2D eigenvalue weighted by molar-refractivity contribution is 0.102. The number of aromatic nitrogens is 3. The summed E-state index contributed by atoms with van der Waals surface area (Å²) >= 11 is 0. The van der Waals surface area contributed by atoms with Crippen molar-refractivity contribution in [2.75, 3.05) is 19.5 Å². The molecule has 0 fully saturated rings. The summed E-state index contributed by atoms with van der Waals surface area (Å²) in [4.78, 5) is 17.4. The number of hydrogen-bond donors (Lipinski definition) is 1. The zero-order valence-corrected chi connectivity index (χ0v) is 14.9. The van der Waals surface area contributed by atoms with E-state index >= 15 is 0 Å². The Morgan fingerprint density at radius 3 is 2.60 bits per heavy atom. The fourth-order valence-corrected chi connectivity index (χ4v) is 2.85. The van der Waals surface area contributed by atoms with Crippen LogP contribution in [-0.4, -0.2) is 34.9 Å². The molecule has 0 atom stereocenters. The monoisotopic (exact) mass is 340 g/mol. The number of fused-ring (bicyclic) bond motifs is 1. The molecule has 25 heavy (non-hydrogen) atoms. The number of anilines is 1. The summed E-state index contributed by atoms with van der Waals surface area (Å²) in [7, 11) is 4.94. The lowest BCUT2D eigenvalue weighted by Crippen LogP contribution is -2.14. The lowest BCUT2D eigenvalue weighted by atomic mass is 10.1. The number of carbonyl (C=O) groups is 1. The first-order valence-corrected chi connectivity index (χ1v) is 7.79. The predicted molar refractivity (Wildman–Crippen MR) is 95.5 cm³/mol. The molecule has 0 saturated heterocycles. The van der Waals surface area contributed by atoms with Crippen LogP contribution in [0.25, 0.3) is 11.0 Å². The first-order chi connectivity index (χ1) is 11.9. The van der Waals surface area contributed by atoms with Gasteiger partial charge in [0.25, 0.3) is 5.91 Å². The Balaban J connectivity index is 2.07. The second kappa shape index (κ2) is 6.43. The van der Waals surface area contributed by atoms with Gasteiger partial charge in [-0.15, -0.1) is 0 Å². The summed E-state index contributed by atoms with van der Waals surface area (Å²) in [5, 5.41) is 8.01. The SMILES string of the molecule is COc1ccc(OC)c(NC(=O)c2cc(C)nc3c2c(C)nn3C)c1. The average Bonchev–Trinajstić information content (AvgIpc) is 2.88. The number of aryl methyl sites for hydroxylation is 3. The van der Waals surface area contributed by atoms with Gasteiger partial charge in [-0.3, -0.25) is 9.48 Å². The van der Waals surface area contributed by atoms with Crippen LogP contribution in [0.15, 0.2) is 24.3 Å². The zero-order valence-electron chi connectivity index (χ0n) is 14.9. The topological polar surface area (TPSA) is 78.3 Å². The van der Waals surface area contributed by atoms with Crippen molar-refractivity contribution in [3.63, 3.8) is 0 Å². The van der Waals surface area contributed by atoms with Gasteiger partial charge in [0.2, 0.25) is 0 Å². The molecule has 0 saturated carbocycles. The Kier molecular flexibility index (Phi) is 4.31. The third kappa shape index (κ3) is 3.00. The largest absolute Gasteiger partial charge is 0.497 e. The van der Waals surface area contributed by atoms with Gasteiger partial charge in [-0.2, -0.15) is 5.10 Å². The van der Waals surface area contributed by atoms with Crippen molar-refractivity contribution in [1.29, 1.82) is 0 Å². The Morgan fingerprint density at radius 2 is 1.92 bits per heavy atom. The minimum absolute atomic E-state index is 0.252. The van der Waals surface area contributed by atoms with E-state index in [9.17, 15) is 4.79 Å². The summed E-state index contributed by atoms with van der Waals surface area (Å²) in [6, 6.07) is 7.00. The van der Waals surface area contributed by atoms with Crippen molar-refractivity contribution in [3.8, 4) is 11.5 Å². The summed E-state index contributed by atoms with van der Waals surface area (Å²) in [6.45, 7) is 3.72. The molecule has 0 spiro atoms. The summed E-state index contributed by atoms with van der Waals surface area (Å²) in [6.07, 6.45) is 0. The normalized spacial score (nSPS) is 10.8. The van der Waals surface area contributed by atoms with Crippen molar-refractivity contribution in [1.82, 2.24) is 14.8 Å². The van der Waals surface area contributed by atoms with Crippen molar-refractivity contribution in [2.45, 2.75) is 13.8 Å². The summed E-state index contributed by atoms with van der Waals surface area (Å²) < 4.78 is 12.2. The highest BCUT2D eigenvalue weighted by molar-refractivity contribution is 6.13. The quantitative estimate of drug-likeness (QED) is 0.790. The Bertz CT molecular complexity index is 963. The van der Waals surface area contributed by atoms with Crippen LogP contribution in [-0.2, 0) is 7.05 Å². The number of nitrogens with zero attached hydrogens (tertiary/aromatic N) is 3. The number of amides is 1. The molecule has 7 nitrogen and oxygen atoms in total. The van der Waals surface area contributed by atoms with Crippen LogP contribution < -0.4 is 14.8 Å². The van der Waals surface area contributed by atoms with Gasteiger partial charge in [-0.05, 0) is 32.0 Å². The van der Waals surface area contributed by atoms with Crippen LogP contribution >= 0.6 is 0 Å². The molecule has 3 rings (SSSR count). The standard InChI is InChI=1S/C18H20N4O3/c1-10-8-13(16-11(2)21-22(3)17(16)19-10)18(23)20-14-9-12(24-4)6-7-15(14)25-5/h6-9H,1-5H3,(H,20,23). The number of hydrogen-bond acceptors (Lipinski definition) is 5. The highest BCUT2D eigenvalue weighted by Gasteiger charge is 2.19. The van der Waals surface area contributed by atoms with E-state index in [-0.39, 0.29) is 5.91 Å². The van der Waals surface area contributed by atoms with E-state index in [2.05, 4.69) is 15.4 Å². The predicted octanol–water partition coefficient (Wildman–Crippen LogP) is 2.85. The number of nitrogens with one attached hydrogen (secondary N) is 1. The van der Waals surface area contributed by atoms with E-state index in [1.54, 1.807) is 43.2 Å². The number of rotatable bonds is 4. The van der Waals surface area contributed by atoms with E-state index in [0.717, 1.165) is 16.8 Å². The molecule has 0 aliphatic carbocycles. The van der Waals surface area contributed by atoms with Crippen molar-refractivity contribution < 1.29 is 14.3 Å². The number of methoxy groups -OCH3 is 2. The maximum absolute atomic E-state index is 12.9. The third-order valence-corrected chi connectivity index (χ3v) is 4.00. The van der Waals surface area contributed by atoms with E-state index in [4.69, 9.17) is 9.47 Å². The molecule has 0 aliphatic heterocycles. The summed E-state index contributed by atoms with van der Waals surface area (Å²) in [5.41, 5.74) is 3.25. The Hall–Kier alpha value is -3.09. The molecule has 2 aromatic heterocycles. The minimum Gasteiger partial charge on any atom is -0.497 e. The molecule has 1 N–H and O–H groups in total. The molecular formula is C18H20N4O3. The number of pyridine rings is 1. The molecule has 0 aliphatic rings. The first-order valence-electron chi connectivity index (χ1n) is 7.79. The maximum Gasteiger partial charge on any atom is 0.256 e. The van der Waals surface area contributed by atoms with Gasteiger partial charge in [-0.1, -0.05) is 0 Å². The zero-order chi connectivity index (χ0) is 18.1. The van der Waals surface area contributed by atoms with Gasteiger partial charge in [0, 0.05) is 18.8 Å². The van der Waals surface area contributed by atoms with Gasteiger partial charge >= 0.3 is 0 Å². The van der Waals surface area contributed by atoms with Crippen molar-refractivity contribution in [3.05, 3.63) is 41.2 Å².